The normalized spacial score (nSPS) is 28.7. The van der Waals surface area contributed by atoms with Crippen molar-refractivity contribution in [3.63, 3.8) is 0 Å². The smallest absolute Gasteiger partial charge is 0.338 e. The molecular formula is C24H26Br2N2O7. The van der Waals surface area contributed by atoms with E-state index < -0.39 is 24.5 Å². The quantitative estimate of drug-likeness (QED) is 0.258. The Morgan fingerprint density at radius 2 is 1.60 bits per heavy atom. The van der Waals surface area contributed by atoms with Crippen LogP contribution in [0, 0.1) is 23.7 Å². The van der Waals surface area contributed by atoms with Gasteiger partial charge in [0.2, 0.25) is 11.8 Å². The SMILES string of the molecule is CCCOC(=O)c1ccc(NC(=O)COC(=O)CCN2C(=O)[C@@H]3[C@H]4C[C@@H]([C@@H](Br)[C@H]4Br)[C@H]3C2=O)cc1. The van der Waals surface area contributed by atoms with Gasteiger partial charge in [0.05, 0.1) is 30.4 Å². The van der Waals surface area contributed by atoms with Gasteiger partial charge < -0.3 is 14.8 Å². The molecule has 1 saturated heterocycles. The van der Waals surface area contributed by atoms with Crippen LogP contribution in [0.15, 0.2) is 24.3 Å². The zero-order chi connectivity index (χ0) is 25.3. The highest BCUT2D eigenvalue weighted by atomic mass is 79.9. The van der Waals surface area contributed by atoms with E-state index in [0.29, 0.717) is 17.9 Å². The summed E-state index contributed by atoms with van der Waals surface area (Å²) in [5.41, 5.74) is 0.798. The number of carbonyl (C=O) groups excluding carboxylic acids is 5. The molecule has 1 N–H and O–H groups in total. The van der Waals surface area contributed by atoms with Gasteiger partial charge in [-0.05, 0) is 48.9 Å². The monoisotopic (exact) mass is 612 g/mol. The molecule has 11 heteroatoms. The van der Waals surface area contributed by atoms with Crippen LogP contribution in [-0.4, -0.2) is 64.0 Å². The topological polar surface area (TPSA) is 119 Å². The van der Waals surface area contributed by atoms with E-state index in [4.69, 9.17) is 9.47 Å². The van der Waals surface area contributed by atoms with Crippen LogP contribution in [0.5, 0.6) is 0 Å². The maximum atomic E-state index is 12.9. The van der Waals surface area contributed by atoms with Gasteiger partial charge in [-0.2, -0.15) is 0 Å². The van der Waals surface area contributed by atoms with Crippen molar-refractivity contribution in [2.45, 2.75) is 35.8 Å². The van der Waals surface area contributed by atoms with E-state index in [1.807, 2.05) is 6.92 Å². The Hall–Kier alpha value is -2.27. The van der Waals surface area contributed by atoms with Gasteiger partial charge in [0.15, 0.2) is 6.61 Å². The number of carbonyl (C=O) groups is 5. The minimum Gasteiger partial charge on any atom is -0.462 e. The van der Waals surface area contributed by atoms with Gasteiger partial charge in [-0.1, -0.05) is 38.8 Å². The van der Waals surface area contributed by atoms with Crippen LogP contribution in [-0.2, 0) is 28.7 Å². The molecule has 2 bridgehead atoms. The summed E-state index contributed by atoms with van der Waals surface area (Å²) in [6, 6.07) is 6.15. The van der Waals surface area contributed by atoms with E-state index in [-0.39, 0.29) is 58.1 Å². The number of alkyl halides is 2. The molecule has 0 aromatic heterocycles. The van der Waals surface area contributed by atoms with Crippen LogP contribution in [0.1, 0.15) is 36.5 Å². The van der Waals surface area contributed by atoms with Gasteiger partial charge in [0, 0.05) is 21.9 Å². The minimum absolute atomic E-state index is 0.0555. The van der Waals surface area contributed by atoms with Gasteiger partial charge in [0.1, 0.15) is 0 Å². The fraction of sp³-hybridized carbons (Fsp3) is 0.542. The number of hydrogen-bond donors (Lipinski definition) is 1. The zero-order valence-corrected chi connectivity index (χ0v) is 22.2. The molecule has 3 amide bonds. The first-order valence-corrected chi connectivity index (χ1v) is 13.4. The lowest BCUT2D eigenvalue weighted by molar-refractivity contribution is -0.149. The molecule has 0 spiro atoms. The number of rotatable bonds is 9. The number of fused-ring (bicyclic) bond motifs is 5. The predicted molar refractivity (Wildman–Crippen MR) is 132 cm³/mol. The Bertz CT molecular complexity index is 999. The first-order valence-electron chi connectivity index (χ1n) is 11.6. The van der Waals surface area contributed by atoms with Gasteiger partial charge in [-0.15, -0.1) is 0 Å². The highest BCUT2D eigenvalue weighted by Crippen LogP contribution is 2.60. The number of nitrogens with one attached hydrogen (secondary N) is 1. The number of anilines is 1. The largest absolute Gasteiger partial charge is 0.462 e. The van der Waals surface area contributed by atoms with Crippen molar-refractivity contribution >= 4 is 67.2 Å². The van der Waals surface area contributed by atoms with Crippen LogP contribution in [0.3, 0.4) is 0 Å². The second-order valence-corrected chi connectivity index (χ2v) is 11.1. The first-order chi connectivity index (χ1) is 16.7. The minimum atomic E-state index is -0.675. The Balaban J connectivity index is 1.21. The average molecular weight is 614 g/mol. The van der Waals surface area contributed by atoms with Crippen molar-refractivity contribution in [1.82, 2.24) is 4.90 Å². The van der Waals surface area contributed by atoms with E-state index in [2.05, 4.69) is 37.2 Å². The number of ether oxygens (including phenoxy) is 2. The van der Waals surface area contributed by atoms with E-state index in [0.717, 1.165) is 12.8 Å². The van der Waals surface area contributed by atoms with Crippen LogP contribution < -0.4 is 5.32 Å². The lowest BCUT2D eigenvalue weighted by Gasteiger charge is -2.28. The Kier molecular flexibility index (Phi) is 7.95. The van der Waals surface area contributed by atoms with Crippen molar-refractivity contribution in [3.8, 4) is 0 Å². The molecule has 6 atom stereocenters. The summed E-state index contributed by atoms with van der Waals surface area (Å²) in [5, 5.41) is 2.57. The van der Waals surface area contributed by atoms with Crippen LogP contribution in [0.4, 0.5) is 5.69 Å². The highest BCUT2D eigenvalue weighted by Gasteiger charge is 2.66. The Morgan fingerprint density at radius 1 is 1.00 bits per heavy atom. The van der Waals surface area contributed by atoms with Gasteiger partial charge in [-0.3, -0.25) is 24.1 Å². The van der Waals surface area contributed by atoms with Crippen molar-refractivity contribution in [1.29, 1.82) is 0 Å². The van der Waals surface area contributed by atoms with Gasteiger partial charge in [-0.25, -0.2) is 4.79 Å². The molecule has 9 nitrogen and oxygen atoms in total. The number of halogens is 2. The molecule has 188 valence electrons. The Labute approximate surface area is 219 Å². The third-order valence-electron chi connectivity index (χ3n) is 6.82. The molecule has 1 heterocycles. The van der Waals surface area contributed by atoms with Gasteiger partial charge in [0.25, 0.3) is 5.91 Å². The molecule has 1 aromatic rings. The maximum Gasteiger partial charge on any atom is 0.338 e. The number of hydrogen-bond acceptors (Lipinski definition) is 7. The number of imide groups is 1. The maximum absolute atomic E-state index is 12.9. The molecule has 0 radical (unpaired) electrons. The summed E-state index contributed by atoms with van der Waals surface area (Å²) >= 11 is 7.28. The molecule has 0 unspecified atom stereocenters. The summed E-state index contributed by atoms with van der Waals surface area (Å²) in [4.78, 5) is 63.3. The lowest BCUT2D eigenvalue weighted by Crippen LogP contribution is -2.37. The fourth-order valence-electron chi connectivity index (χ4n) is 5.22. The third kappa shape index (κ3) is 5.16. The Morgan fingerprint density at radius 3 is 2.17 bits per heavy atom. The van der Waals surface area contributed by atoms with Crippen molar-refractivity contribution in [2.24, 2.45) is 23.7 Å². The number of nitrogens with zero attached hydrogens (tertiary/aromatic N) is 1. The standard InChI is InChI=1S/C24H26Br2N2O7/c1-2-9-34-24(33)12-3-5-13(6-4-12)27-16(29)11-35-17(30)7-8-28-22(31)18-14-10-15(19(18)23(28)32)21(26)20(14)25/h3-6,14-15,18-21H,2,7-11H2,1H3,(H,27,29)/t14-,15-,18-,19-,20-,21+/m1/s1. The second kappa shape index (κ2) is 10.8. The second-order valence-electron chi connectivity index (χ2n) is 9.00. The van der Waals surface area contributed by atoms with E-state index >= 15 is 0 Å². The molecule has 3 fully saturated rings. The molecule has 35 heavy (non-hydrogen) atoms. The van der Waals surface area contributed by atoms with Gasteiger partial charge >= 0.3 is 11.9 Å². The molecular weight excluding hydrogens is 588 g/mol. The van der Waals surface area contributed by atoms with E-state index in [1.54, 1.807) is 12.1 Å². The predicted octanol–water partition coefficient (Wildman–Crippen LogP) is 2.90. The lowest BCUT2D eigenvalue weighted by atomic mass is 9.81. The summed E-state index contributed by atoms with van der Waals surface area (Å²) < 4.78 is 10.1. The highest BCUT2D eigenvalue weighted by molar-refractivity contribution is 9.12. The number of benzene rings is 1. The van der Waals surface area contributed by atoms with E-state index in [1.165, 1.54) is 17.0 Å². The van der Waals surface area contributed by atoms with Crippen molar-refractivity contribution in [2.75, 3.05) is 25.1 Å². The summed E-state index contributed by atoms with van der Waals surface area (Å²) in [5.74, 6) is -2.53. The van der Waals surface area contributed by atoms with E-state index in [9.17, 15) is 24.0 Å². The molecule has 2 saturated carbocycles. The van der Waals surface area contributed by atoms with Crippen LogP contribution >= 0.6 is 31.9 Å². The molecule has 1 aliphatic heterocycles. The molecule has 2 aliphatic carbocycles. The molecule has 4 rings (SSSR count). The van der Waals surface area contributed by atoms with Crippen LogP contribution in [0.2, 0.25) is 0 Å². The molecule has 3 aliphatic rings. The van der Waals surface area contributed by atoms with Crippen molar-refractivity contribution < 1.29 is 33.4 Å². The summed E-state index contributed by atoms with van der Waals surface area (Å²) in [6.07, 6.45) is 1.39. The third-order valence-corrected chi connectivity index (χ3v) is 10.0. The summed E-state index contributed by atoms with van der Waals surface area (Å²) in [6.45, 7) is 1.67. The van der Waals surface area contributed by atoms with Crippen molar-refractivity contribution in [3.05, 3.63) is 29.8 Å². The number of likely N-dealkylation sites (tertiary alicyclic amines) is 1. The zero-order valence-electron chi connectivity index (χ0n) is 19.1. The molecule has 1 aromatic carbocycles. The van der Waals surface area contributed by atoms with Crippen LogP contribution in [0.25, 0.3) is 0 Å². The number of amides is 3. The first kappa shape index (κ1) is 25.8. The summed E-state index contributed by atoms with van der Waals surface area (Å²) in [7, 11) is 0. The average Bonchev–Trinajstić information content (AvgIpc) is 3.45. The fourth-order valence-corrected chi connectivity index (χ4v) is 7.09. The number of esters is 2.